The van der Waals surface area contributed by atoms with Crippen molar-refractivity contribution in [2.75, 3.05) is 16.8 Å². The molecule has 0 radical (unpaired) electrons. The van der Waals surface area contributed by atoms with E-state index < -0.39 is 29.9 Å². The summed E-state index contributed by atoms with van der Waals surface area (Å²) in [6.45, 7) is 2.08. The van der Waals surface area contributed by atoms with Crippen LogP contribution < -0.4 is 10.2 Å². The minimum absolute atomic E-state index is 0.106. The lowest BCUT2D eigenvalue weighted by Gasteiger charge is -2.21. The highest BCUT2D eigenvalue weighted by atomic mass is 35.5. The van der Waals surface area contributed by atoms with Gasteiger partial charge in [0.25, 0.3) is 5.91 Å². The van der Waals surface area contributed by atoms with Gasteiger partial charge in [0.2, 0.25) is 5.91 Å². The molecule has 184 valence electrons. The number of hydrogen-bond donors (Lipinski definition) is 1. The van der Waals surface area contributed by atoms with E-state index in [1.54, 1.807) is 67.8 Å². The van der Waals surface area contributed by atoms with Crippen molar-refractivity contribution in [3.63, 3.8) is 0 Å². The number of urea groups is 1. The highest BCUT2D eigenvalue weighted by molar-refractivity contribution is 6.30. The van der Waals surface area contributed by atoms with Crippen LogP contribution in [-0.4, -0.2) is 46.3 Å². The first-order valence-corrected chi connectivity index (χ1v) is 11.6. The van der Waals surface area contributed by atoms with Gasteiger partial charge in [0.15, 0.2) is 0 Å². The average molecular weight is 507 g/mol. The average Bonchev–Trinajstić information content (AvgIpc) is 3.09. The fraction of sp³-hybridized carbons (Fsp3) is 0.192. The molecule has 1 aliphatic rings. The molecule has 0 saturated carbocycles. The monoisotopic (exact) mass is 506 g/mol. The second kappa shape index (κ2) is 11.0. The maximum Gasteiger partial charge on any atom is 0.338 e. The maximum atomic E-state index is 13.4. The molecule has 1 unspecified atom stereocenters. The van der Waals surface area contributed by atoms with Crippen LogP contribution in [0.5, 0.6) is 0 Å². The highest BCUT2D eigenvalue weighted by Crippen LogP contribution is 2.29. The first kappa shape index (κ1) is 24.9. The van der Waals surface area contributed by atoms with E-state index in [2.05, 4.69) is 10.3 Å². The van der Waals surface area contributed by atoms with Gasteiger partial charge in [0.1, 0.15) is 6.04 Å². The van der Waals surface area contributed by atoms with E-state index >= 15 is 0 Å². The highest BCUT2D eigenvalue weighted by Gasteiger charge is 2.46. The SMILES string of the molecule is CCOC(=O)c1ccc(NC(=O)CC2C(=O)N(c3ccc(Cl)cc3)C(=O)N2Cc2cccnc2)cc1. The number of carbonyl (C=O) groups is 4. The molecule has 3 aromatic rings. The van der Waals surface area contributed by atoms with Crippen LogP contribution in [0.25, 0.3) is 0 Å². The van der Waals surface area contributed by atoms with Crippen LogP contribution in [0, 0.1) is 0 Å². The van der Waals surface area contributed by atoms with Crippen LogP contribution in [0.1, 0.15) is 29.3 Å². The second-order valence-corrected chi connectivity index (χ2v) is 8.42. The molecule has 1 saturated heterocycles. The zero-order valence-corrected chi connectivity index (χ0v) is 20.1. The summed E-state index contributed by atoms with van der Waals surface area (Å²) < 4.78 is 4.96. The minimum Gasteiger partial charge on any atom is -0.462 e. The van der Waals surface area contributed by atoms with Crippen molar-refractivity contribution >= 4 is 46.8 Å². The number of amides is 4. The predicted molar refractivity (Wildman–Crippen MR) is 134 cm³/mol. The number of rotatable bonds is 8. The number of esters is 1. The molecule has 1 atom stereocenters. The third-order valence-electron chi connectivity index (χ3n) is 5.54. The van der Waals surface area contributed by atoms with Crippen molar-refractivity contribution in [3.05, 3.63) is 89.2 Å². The Kier molecular flexibility index (Phi) is 7.60. The molecule has 36 heavy (non-hydrogen) atoms. The molecule has 0 spiro atoms. The maximum absolute atomic E-state index is 13.4. The quantitative estimate of drug-likeness (QED) is 0.361. The number of imide groups is 1. The van der Waals surface area contributed by atoms with Gasteiger partial charge >= 0.3 is 12.0 Å². The summed E-state index contributed by atoms with van der Waals surface area (Å²) in [5, 5.41) is 3.19. The Labute approximate surface area is 212 Å². The molecule has 1 N–H and O–H groups in total. The summed E-state index contributed by atoms with van der Waals surface area (Å²) in [5.74, 6) is -1.43. The van der Waals surface area contributed by atoms with E-state index in [-0.39, 0.29) is 19.6 Å². The topological polar surface area (TPSA) is 109 Å². The lowest BCUT2D eigenvalue weighted by Crippen LogP contribution is -2.37. The van der Waals surface area contributed by atoms with Gasteiger partial charge in [-0.1, -0.05) is 17.7 Å². The number of ether oxygens (including phenoxy) is 1. The van der Waals surface area contributed by atoms with Gasteiger partial charge in [0, 0.05) is 29.6 Å². The molecule has 4 amide bonds. The summed E-state index contributed by atoms with van der Waals surface area (Å²) in [6, 6.07) is 14.5. The first-order valence-electron chi connectivity index (χ1n) is 11.2. The Morgan fingerprint density at radius 3 is 2.42 bits per heavy atom. The van der Waals surface area contributed by atoms with Gasteiger partial charge in [-0.25, -0.2) is 14.5 Å². The van der Waals surface area contributed by atoms with E-state index in [9.17, 15) is 19.2 Å². The lowest BCUT2D eigenvalue weighted by atomic mass is 10.1. The van der Waals surface area contributed by atoms with Crippen LogP contribution >= 0.6 is 11.6 Å². The number of nitrogens with zero attached hydrogens (tertiary/aromatic N) is 3. The Hall–Kier alpha value is -4.24. The molecule has 10 heteroatoms. The summed E-state index contributed by atoms with van der Waals surface area (Å²) in [5.41, 5.74) is 1.88. The number of anilines is 2. The van der Waals surface area contributed by atoms with Crippen LogP contribution in [0.15, 0.2) is 73.1 Å². The Balaban J connectivity index is 1.53. The number of aromatic nitrogens is 1. The molecular formula is C26H23ClN4O5. The predicted octanol–water partition coefficient (Wildman–Crippen LogP) is 4.28. The Morgan fingerprint density at radius 2 is 1.78 bits per heavy atom. The second-order valence-electron chi connectivity index (χ2n) is 7.99. The van der Waals surface area contributed by atoms with E-state index in [4.69, 9.17) is 16.3 Å². The van der Waals surface area contributed by atoms with Crippen LogP contribution in [0.3, 0.4) is 0 Å². The number of hydrogen-bond acceptors (Lipinski definition) is 6. The van der Waals surface area contributed by atoms with Gasteiger partial charge in [-0.2, -0.15) is 0 Å². The molecule has 2 aromatic carbocycles. The van der Waals surface area contributed by atoms with Crippen molar-refractivity contribution in [1.82, 2.24) is 9.88 Å². The van der Waals surface area contributed by atoms with Gasteiger partial charge in [-0.05, 0) is 67.1 Å². The van der Waals surface area contributed by atoms with Crippen molar-refractivity contribution in [1.29, 1.82) is 0 Å². The summed E-state index contributed by atoms with van der Waals surface area (Å²) >= 11 is 5.96. The summed E-state index contributed by atoms with van der Waals surface area (Å²) in [7, 11) is 0. The minimum atomic E-state index is -1.02. The number of carbonyl (C=O) groups excluding carboxylic acids is 4. The standard InChI is InChI=1S/C26H23ClN4O5/c1-2-36-25(34)18-5-9-20(10-6-18)29-23(32)14-22-24(33)31(21-11-7-19(27)8-12-21)26(35)30(22)16-17-4-3-13-28-15-17/h3-13,15,22H,2,14,16H2,1H3,(H,29,32). The molecule has 1 fully saturated rings. The third-order valence-corrected chi connectivity index (χ3v) is 5.79. The molecule has 4 rings (SSSR count). The van der Waals surface area contributed by atoms with Crippen molar-refractivity contribution in [2.24, 2.45) is 0 Å². The van der Waals surface area contributed by atoms with Crippen molar-refractivity contribution < 1.29 is 23.9 Å². The van der Waals surface area contributed by atoms with Gasteiger partial charge < -0.3 is 15.0 Å². The molecule has 0 bridgehead atoms. The number of pyridine rings is 1. The fourth-order valence-electron chi connectivity index (χ4n) is 3.82. The van der Waals surface area contributed by atoms with E-state index in [0.717, 1.165) is 10.5 Å². The molecule has 2 heterocycles. The number of benzene rings is 2. The smallest absolute Gasteiger partial charge is 0.338 e. The Morgan fingerprint density at radius 1 is 1.06 bits per heavy atom. The molecule has 1 aliphatic heterocycles. The van der Waals surface area contributed by atoms with Crippen LogP contribution in [-0.2, 0) is 20.9 Å². The number of halogens is 1. The van der Waals surface area contributed by atoms with E-state index in [1.165, 1.54) is 17.0 Å². The van der Waals surface area contributed by atoms with Gasteiger partial charge in [0.05, 0.1) is 24.3 Å². The zero-order valence-electron chi connectivity index (χ0n) is 19.4. The largest absolute Gasteiger partial charge is 0.462 e. The summed E-state index contributed by atoms with van der Waals surface area (Å²) in [6.07, 6.45) is 2.96. The van der Waals surface area contributed by atoms with Crippen LogP contribution in [0.2, 0.25) is 5.02 Å². The molecule has 1 aromatic heterocycles. The summed E-state index contributed by atoms with van der Waals surface area (Å²) in [4.78, 5) is 57.9. The first-order chi connectivity index (χ1) is 17.4. The molecule has 0 aliphatic carbocycles. The normalized spacial score (nSPS) is 15.2. The molecule has 9 nitrogen and oxygen atoms in total. The van der Waals surface area contributed by atoms with Crippen molar-refractivity contribution in [3.8, 4) is 0 Å². The third kappa shape index (κ3) is 5.52. The van der Waals surface area contributed by atoms with E-state index in [0.29, 0.717) is 22.0 Å². The lowest BCUT2D eigenvalue weighted by molar-refractivity contribution is -0.124. The Bertz CT molecular complexity index is 1270. The van der Waals surface area contributed by atoms with Crippen molar-refractivity contribution in [2.45, 2.75) is 25.9 Å². The van der Waals surface area contributed by atoms with Gasteiger partial charge in [-0.15, -0.1) is 0 Å². The number of nitrogens with one attached hydrogen (secondary N) is 1. The fourth-order valence-corrected chi connectivity index (χ4v) is 3.95. The molecular weight excluding hydrogens is 484 g/mol. The van der Waals surface area contributed by atoms with E-state index in [1.807, 2.05) is 0 Å². The van der Waals surface area contributed by atoms with Crippen LogP contribution in [0.4, 0.5) is 16.2 Å². The van der Waals surface area contributed by atoms with Gasteiger partial charge in [-0.3, -0.25) is 14.6 Å². The zero-order chi connectivity index (χ0) is 25.7.